The van der Waals surface area contributed by atoms with Gasteiger partial charge in [0.25, 0.3) is 0 Å². The van der Waals surface area contributed by atoms with E-state index in [9.17, 15) is 0 Å². The van der Waals surface area contributed by atoms with Crippen molar-refractivity contribution < 1.29 is 0 Å². The lowest BCUT2D eigenvalue weighted by Gasteiger charge is -2.22. The molecule has 0 saturated carbocycles. The third-order valence-corrected chi connectivity index (χ3v) is 4.00. The third-order valence-electron chi connectivity index (χ3n) is 3.14. The number of thiophene rings is 1. The number of hydrogen-bond donors (Lipinski definition) is 1. The van der Waals surface area contributed by atoms with Crippen LogP contribution in [0.25, 0.3) is 0 Å². The van der Waals surface area contributed by atoms with Crippen molar-refractivity contribution in [2.24, 2.45) is 0 Å². The highest BCUT2D eigenvalue weighted by Gasteiger charge is 2.13. The number of anilines is 1. The van der Waals surface area contributed by atoms with Crippen LogP contribution >= 0.6 is 11.3 Å². The summed E-state index contributed by atoms with van der Waals surface area (Å²) in [4.78, 5) is 8.32. The van der Waals surface area contributed by atoms with Gasteiger partial charge in [-0.15, -0.1) is 11.3 Å². The largest absolute Gasteiger partial charge is 0.354 e. The summed E-state index contributed by atoms with van der Waals surface area (Å²) in [6, 6.07) is 6.41. The molecule has 0 unspecified atom stereocenters. The molecular weight excluding hydrogens is 254 g/mol. The summed E-state index contributed by atoms with van der Waals surface area (Å²) in [5, 5.41) is 5.35. The lowest BCUT2D eigenvalue weighted by molar-refractivity contribution is 0.788. The van der Waals surface area contributed by atoms with Crippen LogP contribution in [0.1, 0.15) is 21.7 Å². The zero-order valence-electron chi connectivity index (χ0n) is 12.0. The molecule has 2 heterocycles. The van der Waals surface area contributed by atoms with Crippen LogP contribution in [0.15, 0.2) is 23.6 Å². The van der Waals surface area contributed by atoms with Crippen LogP contribution in [0.2, 0.25) is 0 Å². The van der Waals surface area contributed by atoms with Crippen molar-refractivity contribution in [1.82, 2.24) is 10.3 Å². The van der Waals surface area contributed by atoms with Gasteiger partial charge in [-0.3, -0.25) is 0 Å². The third kappa shape index (κ3) is 3.33. The Morgan fingerprint density at radius 2 is 2.16 bits per heavy atom. The Morgan fingerprint density at radius 3 is 2.79 bits per heavy atom. The van der Waals surface area contributed by atoms with Crippen LogP contribution in [-0.4, -0.2) is 19.1 Å². The minimum atomic E-state index is 0.850. The van der Waals surface area contributed by atoms with Crippen molar-refractivity contribution >= 4 is 17.2 Å². The summed E-state index contributed by atoms with van der Waals surface area (Å²) >= 11 is 1.79. The molecule has 0 aliphatic rings. The number of hydrogen-bond acceptors (Lipinski definition) is 4. The first-order chi connectivity index (χ1) is 9.11. The second-order valence-electron chi connectivity index (χ2n) is 4.85. The Kier molecular flexibility index (Phi) is 4.56. The van der Waals surface area contributed by atoms with Gasteiger partial charge in [0.1, 0.15) is 5.82 Å². The highest BCUT2D eigenvalue weighted by atomic mass is 32.1. The second-order valence-corrected chi connectivity index (χ2v) is 5.88. The van der Waals surface area contributed by atoms with Gasteiger partial charge in [-0.25, -0.2) is 4.98 Å². The minimum absolute atomic E-state index is 0.850. The summed E-state index contributed by atoms with van der Waals surface area (Å²) in [6.45, 7) is 5.97. The molecule has 0 amide bonds. The number of pyridine rings is 1. The molecule has 19 heavy (non-hydrogen) atoms. The molecule has 0 bridgehead atoms. The number of nitrogens with zero attached hydrogens (tertiary/aromatic N) is 2. The normalized spacial score (nSPS) is 10.7. The van der Waals surface area contributed by atoms with E-state index in [0.717, 1.165) is 24.6 Å². The van der Waals surface area contributed by atoms with Gasteiger partial charge < -0.3 is 10.2 Å². The van der Waals surface area contributed by atoms with E-state index in [2.05, 4.69) is 54.7 Å². The molecular formula is C15H21N3S. The topological polar surface area (TPSA) is 28.2 Å². The first-order valence-electron chi connectivity index (χ1n) is 6.47. The SMILES string of the molecule is CNCc1c(C)cc(C)nc1N(C)Cc1cccs1. The van der Waals surface area contributed by atoms with Crippen LogP contribution < -0.4 is 10.2 Å². The Hall–Kier alpha value is -1.39. The number of aryl methyl sites for hydroxylation is 2. The van der Waals surface area contributed by atoms with E-state index in [-0.39, 0.29) is 0 Å². The van der Waals surface area contributed by atoms with Crippen LogP contribution in [0.4, 0.5) is 5.82 Å². The number of nitrogens with one attached hydrogen (secondary N) is 1. The Balaban J connectivity index is 2.31. The molecule has 0 aromatic carbocycles. The van der Waals surface area contributed by atoms with Crippen molar-refractivity contribution in [3.8, 4) is 0 Å². The van der Waals surface area contributed by atoms with Crippen LogP contribution in [0.3, 0.4) is 0 Å². The van der Waals surface area contributed by atoms with E-state index in [1.165, 1.54) is 16.0 Å². The van der Waals surface area contributed by atoms with Gasteiger partial charge in [0.05, 0.1) is 6.54 Å². The van der Waals surface area contributed by atoms with Gasteiger partial charge in [-0.05, 0) is 44.0 Å². The molecule has 4 heteroatoms. The first-order valence-corrected chi connectivity index (χ1v) is 7.35. The highest BCUT2D eigenvalue weighted by molar-refractivity contribution is 7.09. The second kappa shape index (κ2) is 6.17. The van der Waals surface area contributed by atoms with E-state index < -0.39 is 0 Å². The fourth-order valence-corrected chi connectivity index (χ4v) is 3.02. The molecule has 0 spiro atoms. The molecule has 0 atom stereocenters. The molecule has 2 aromatic heterocycles. The van der Waals surface area contributed by atoms with Crippen molar-refractivity contribution in [3.63, 3.8) is 0 Å². The molecule has 0 saturated heterocycles. The van der Waals surface area contributed by atoms with Gasteiger partial charge in [-0.1, -0.05) is 6.07 Å². The standard InChI is InChI=1S/C15H21N3S/c1-11-8-12(2)17-15(14(11)9-16-3)18(4)10-13-6-5-7-19-13/h5-8,16H,9-10H2,1-4H3. The summed E-state index contributed by atoms with van der Waals surface area (Å²) in [5.41, 5.74) is 3.66. The van der Waals surface area contributed by atoms with Crippen molar-refractivity contribution in [1.29, 1.82) is 0 Å². The maximum Gasteiger partial charge on any atom is 0.133 e. The van der Waals surface area contributed by atoms with E-state index in [1.54, 1.807) is 11.3 Å². The molecule has 1 N–H and O–H groups in total. The van der Waals surface area contributed by atoms with Crippen molar-refractivity contribution in [2.45, 2.75) is 26.9 Å². The fraction of sp³-hybridized carbons (Fsp3) is 0.400. The quantitative estimate of drug-likeness (QED) is 0.909. The molecule has 102 valence electrons. The molecule has 0 fully saturated rings. The van der Waals surface area contributed by atoms with Gasteiger partial charge in [0.2, 0.25) is 0 Å². The zero-order chi connectivity index (χ0) is 13.8. The lowest BCUT2D eigenvalue weighted by Crippen LogP contribution is -2.21. The van der Waals surface area contributed by atoms with E-state index >= 15 is 0 Å². The van der Waals surface area contributed by atoms with Crippen LogP contribution in [-0.2, 0) is 13.1 Å². The maximum absolute atomic E-state index is 4.72. The van der Waals surface area contributed by atoms with Gasteiger partial charge in [0, 0.05) is 29.7 Å². The minimum Gasteiger partial charge on any atom is -0.354 e. The summed E-state index contributed by atoms with van der Waals surface area (Å²) < 4.78 is 0. The van der Waals surface area contributed by atoms with Gasteiger partial charge >= 0.3 is 0 Å². The summed E-state index contributed by atoms with van der Waals surface area (Å²) in [6.07, 6.45) is 0. The van der Waals surface area contributed by atoms with Crippen molar-refractivity contribution in [2.75, 3.05) is 19.0 Å². The molecule has 0 aliphatic carbocycles. The van der Waals surface area contributed by atoms with Gasteiger partial charge in [0.15, 0.2) is 0 Å². The monoisotopic (exact) mass is 275 g/mol. The molecule has 0 aliphatic heterocycles. The average molecular weight is 275 g/mol. The van der Waals surface area contributed by atoms with Gasteiger partial charge in [-0.2, -0.15) is 0 Å². The first kappa shape index (κ1) is 14.0. The Morgan fingerprint density at radius 1 is 1.37 bits per heavy atom. The average Bonchev–Trinajstić information content (AvgIpc) is 2.85. The highest BCUT2D eigenvalue weighted by Crippen LogP contribution is 2.24. The van der Waals surface area contributed by atoms with E-state index in [0.29, 0.717) is 0 Å². The van der Waals surface area contributed by atoms with Crippen LogP contribution in [0.5, 0.6) is 0 Å². The molecule has 0 radical (unpaired) electrons. The lowest BCUT2D eigenvalue weighted by atomic mass is 10.1. The maximum atomic E-state index is 4.72. The molecule has 2 rings (SSSR count). The van der Waals surface area contributed by atoms with Crippen molar-refractivity contribution in [3.05, 3.63) is 45.3 Å². The molecule has 3 nitrogen and oxygen atoms in total. The number of rotatable bonds is 5. The summed E-state index contributed by atoms with van der Waals surface area (Å²) in [5.74, 6) is 1.08. The Labute approximate surface area is 119 Å². The smallest absolute Gasteiger partial charge is 0.133 e. The predicted molar refractivity (Wildman–Crippen MR) is 82.9 cm³/mol. The Bertz CT molecular complexity index is 535. The van der Waals surface area contributed by atoms with E-state index in [4.69, 9.17) is 4.98 Å². The number of aromatic nitrogens is 1. The van der Waals surface area contributed by atoms with E-state index in [1.807, 2.05) is 7.05 Å². The molecule has 2 aromatic rings. The summed E-state index contributed by atoms with van der Waals surface area (Å²) in [7, 11) is 4.09. The van der Waals surface area contributed by atoms with Crippen LogP contribution in [0, 0.1) is 13.8 Å². The zero-order valence-corrected chi connectivity index (χ0v) is 12.8. The predicted octanol–water partition coefficient (Wildman–Crippen LogP) is 3.12. The fourth-order valence-electron chi connectivity index (χ4n) is 2.27.